The van der Waals surface area contributed by atoms with E-state index in [-0.39, 0.29) is 11.9 Å². The normalized spacial score (nSPS) is 23.9. The predicted molar refractivity (Wildman–Crippen MR) is 62.8 cm³/mol. The van der Waals surface area contributed by atoms with Gasteiger partial charge in [-0.2, -0.15) is 0 Å². The fraction of sp³-hybridized carbons (Fsp3) is 0.900. The Morgan fingerprint density at radius 1 is 1.62 bits per heavy atom. The van der Waals surface area contributed by atoms with Gasteiger partial charge in [0.05, 0.1) is 6.61 Å². The summed E-state index contributed by atoms with van der Waals surface area (Å²) in [7, 11) is 4.14. The van der Waals surface area contributed by atoms with Gasteiger partial charge < -0.3 is 20.6 Å². The molecule has 1 aliphatic rings. The summed E-state index contributed by atoms with van der Waals surface area (Å²) < 4.78 is 5.42. The Hall–Kier alpha value is -0.850. The molecule has 3 N–H and O–H groups in total. The van der Waals surface area contributed by atoms with Gasteiger partial charge in [0.25, 0.3) is 0 Å². The molecule has 1 atom stereocenters. The van der Waals surface area contributed by atoms with Crippen molar-refractivity contribution in [3.8, 4) is 0 Å². The van der Waals surface area contributed by atoms with E-state index in [1.54, 1.807) is 0 Å². The van der Waals surface area contributed by atoms with Crippen molar-refractivity contribution in [3.05, 3.63) is 0 Å². The summed E-state index contributed by atoms with van der Waals surface area (Å²) in [5.74, 6) is 0.164. The van der Waals surface area contributed by atoms with Crippen LogP contribution in [-0.2, 0) is 4.74 Å². The molecule has 0 aromatic rings. The molecule has 0 bridgehead atoms. The first-order valence-electron chi connectivity index (χ1n) is 5.59. The lowest BCUT2D eigenvalue weighted by atomic mass is 10.2. The van der Waals surface area contributed by atoms with Gasteiger partial charge in [0.2, 0.25) is 0 Å². The lowest BCUT2D eigenvalue weighted by Gasteiger charge is -2.32. The van der Waals surface area contributed by atoms with Gasteiger partial charge in [0.1, 0.15) is 6.10 Å². The maximum atomic E-state index is 8.58. The number of nitrogens with zero attached hydrogens (tertiary/aromatic N) is 3. The summed E-state index contributed by atoms with van der Waals surface area (Å²) in [4.78, 5) is 4.46. The minimum absolute atomic E-state index is 0.164. The molecule has 6 nitrogen and oxygen atoms in total. The first-order valence-corrected chi connectivity index (χ1v) is 5.59. The average molecular weight is 230 g/mol. The molecular weight excluding hydrogens is 208 g/mol. The second-order valence-corrected chi connectivity index (χ2v) is 4.34. The average Bonchev–Trinajstić information content (AvgIpc) is 2.28. The molecule has 16 heavy (non-hydrogen) atoms. The van der Waals surface area contributed by atoms with Crippen molar-refractivity contribution < 1.29 is 9.94 Å². The summed E-state index contributed by atoms with van der Waals surface area (Å²) in [6.45, 7) is 4.37. The van der Waals surface area contributed by atoms with Crippen molar-refractivity contribution in [3.63, 3.8) is 0 Å². The summed E-state index contributed by atoms with van der Waals surface area (Å²) in [5.41, 5.74) is 5.53. The van der Waals surface area contributed by atoms with E-state index in [0.29, 0.717) is 13.2 Å². The van der Waals surface area contributed by atoms with E-state index in [1.807, 2.05) is 0 Å². The van der Waals surface area contributed by atoms with E-state index in [4.69, 9.17) is 15.7 Å². The Balaban J connectivity index is 2.28. The molecule has 1 saturated heterocycles. The van der Waals surface area contributed by atoms with Gasteiger partial charge in [-0.1, -0.05) is 5.16 Å². The highest BCUT2D eigenvalue weighted by molar-refractivity contribution is 5.84. The smallest absolute Gasteiger partial charge is 0.169 e. The third-order valence-corrected chi connectivity index (χ3v) is 2.68. The number of hydrogen-bond acceptors (Lipinski definition) is 5. The number of nitrogens with two attached hydrogens (primary N) is 1. The molecule has 1 unspecified atom stereocenters. The van der Waals surface area contributed by atoms with Crippen LogP contribution in [0.4, 0.5) is 0 Å². The fourth-order valence-corrected chi connectivity index (χ4v) is 1.76. The van der Waals surface area contributed by atoms with Gasteiger partial charge >= 0.3 is 0 Å². The van der Waals surface area contributed by atoms with Crippen molar-refractivity contribution in [2.24, 2.45) is 10.9 Å². The van der Waals surface area contributed by atoms with Gasteiger partial charge in [-0.3, -0.25) is 4.90 Å². The van der Waals surface area contributed by atoms with Crippen LogP contribution in [0.5, 0.6) is 0 Å². The summed E-state index contributed by atoms with van der Waals surface area (Å²) in [6, 6.07) is 0. The van der Waals surface area contributed by atoms with Crippen molar-refractivity contribution in [1.82, 2.24) is 9.80 Å². The van der Waals surface area contributed by atoms with E-state index in [0.717, 1.165) is 26.1 Å². The van der Waals surface area contributed by atoms with Gasteiger partial charge in [-0.25, -0.2) is 0 Å². The first-order chi connectivity index (χ1) is 7.63. The van der Waals surface area contributed by atoms with E-state index in [9.17, 15) is 0 Å². The predicted octanol–water partition coefficient (Wildman–Crippen LogP) is -0.615. The maximum absolute atomic E-state index is 8.58. The van der Waals surface area contributed by atoms with Crippen molar-refractivity contribution in [2.45, 2.75) is 12.5 Å². The van der Waals surface area contributed by atoms with Gasteiger partial charge in [0.15, 0.2) is 5.84 Å². The second-order valence-electron chi connectivity index (χ2n) is 4.34. The van der Waals surface area contributed by atoms with Crippen LogP contribution in [0.25, 0.3) is 0 Å². The molecule has 94 valence electrons. The SMILES string of the molecule is CN(C)CCCN1CCOC(C(N)=NO)C1. The third-order valence-electron chi connectivity index (χ3n) is 2.68. The van der Waals surface area contributed by atoms with Gasteiger partial charge in [0, 0.05) is 13.1 Å². The highest BCUT2D eigenvalue weighted by Gasteiger charge is 2.23. The summed E-state index contributed by atoms with van der Waals surface area (Å²) in [5, 5.41) is 11.6. The molecule has 0 aromatic heterocycles. The van der Waals surface area contributed by atoms with Crippen molar-refractivity contribution in [2.75, 3.05) is 46.9 Å². The second kappa shape index (κ2) is 6.67. The van der Waals surface area contributed by atoms with E-state index < -0.39 is 0 Å². The van der Waals surface area contributed by atoms with Gasteiger partial charge in [-0.15, -0.1) is 0 Å². The number of hydrogen-bond donors (Lipinski definition) is 2. The molecule has 1 fully saturated rings. The molecule has 1 heterocycles. The summed E-state index contributed by atoms with van der Waals surface area (Å²) in [6.07, 6.45) is 0.855. The Kier molecular flexibility index (Phi) is 5.51. The Bertz CT molecular complexity index is 233. The lowest BCUT2D eigenvalue weighted by Crippen LogP contribution is -2.48. The van der Waals surface area contributed by atoms with Crippen LogP contribution >= 0.6 is 0 Å². The minimum atomic E-state index is -0.266. The number of rotatable bonds is 5. The Morgan fingerprint density at radius 3 is 3.00 bits per heavy atom. The largest absolute Gasteiger partial charge is 0.409 e. The highest BCUT2D eigenvalue weighted by Crippen LogP contribution is 2.06. The van der Waals surface area contributed by atoms with Gasteiger partial charge in [-0.05, 0) is 33.6 Å². The standard InChI is InChI=1S/C10H22N4O2/c1-13(2)4-3-5-14-6-7-16-9(8-14)10(11)12-15/h9,15H,3-8H2,1-2H3,(H2,11,12). The molecular formula is C10H22N4O2. The Morgan fingerprint density at radius 2 is 2.38 bits per heavy atom. The molecule has 0 saturated carbocycles. The highest BCUT2D eigenvalue weighted by atomic mass is 16.5. The molecule has 0 radical (unpaired) electrons. The number of oxime groups is 1. The molecule has 1 aliphatic heterocycles. The molecule has 6 heteroatoms. The van der Waals surface area contributed by atoms with E-state index in [1.165, 1.54) is 0 Å². The molecule has 0 spiro atoms. The molecule has 0 aliphatic carbocycles. The number of amidine groups is 1. The van der Waals surface area contributed by atoms with Crippen LogP contribution in [0.3, 0.4) is 0 Å². The zero-order valence-electron chi connectivity index (χ0n) is 10.1. The van der Waals surface area contributed by atoms with Crippen LogP contribution in [0.15, 0.2) is 5.16 Å². The molecule has 1 rings (SSSR count). The van der Waals surface area contributed by atoms with Crippen LogP contribution in [0.1, 0.15) is 6.42 Å². The fourth-order valence-electron chi connectivity index (χ4n) is 1.76. The topological polar surface area (TPSA) is 74.3 Å². The van der Waals surface area contributed by atoms with E-state index >= 15 is 0 Å². The monoisotopic (exact) mass is 230 g/mol. The lowest BCUT2D eigenvalue weighted by molar-refractivity contribution is 0.00384. The van der Waals surface area contributed by atoms with Crippen molar-refractivity contribution >= 4 is 5.84 Å². The third kappa shape index (κ3) is 4.34. The number of morpholine rings is 1. The van der Waals surface area contributed by atoms with Crippen LogP contribution in [-0.4, -0.2) is 73.8 Å². The zero-order chi connectivity index (χ0) is 12.0. The number of ether oxygens (including phenoxy) is 1. The first kappa shape index (κ1) is 13.2. The summed E-state index contributed by atoms with van der Waals surface area (Å²) >= 11 is 0. The van der Waals surface area contributed by atoms with Crippen molar-refractivity contribution in [1.29, 1.82) is 0 Å². The molecule has 0 aromatic carbocycles. The zero-order valence-corrected chi connectivity index (χ0v) is 10.1. The van der Waals surface area contributed by atoms with E-state index in [2.05, 4.69) is 29.1 Å². The molecule has 0 amide bonds. The van der Waals surface area contributed by atoms with Crippen LogP contribution in [0.2, 0.25) is 0 Å². The maximum Gasteiger partial charge on any atom is 0.169 e. The van der Waals surface area contributed by atoms with Crippen LogP contribution < -0.4 is 5.73 Å². The Labute approximate surface area is 96.6 Å². The quantitative estimate of drug-likeness (QED) is 0.285. The van der Waals surface area contributed by atoms with Crippen LogP contribution in [0, 0.1) is 0 Å². The minimum Gasteiger partial charge on any atom is -0.409 e.